The van der Waals surface area contributed by atoms with E-state index < -0.39 is 15.6 Å². The van der Waals surface area contributed by atoms with Gasteiger partial charge in [-0.2, -0.15) is 0 Å². The molecule has 0 aliphatic carbocycles. The summed E-state index contributed by atoms with van der Waals surface area (Å²) in [6.45, 7) is 9.79. The summed E-state index contributed by atoms with van der Waals surface area (Å²) >= 11 is 0. The lowest BCUT2D eigenvalue weighted by atomic mass is 9.92. The molecule has 0 aliphatic heterocycles. The van der Waals surface area contributed by atoms with Crippen LogP contribution in [0.3, 0.4) is 0 Å². The zero-order valence-corrected chi connectivity index (χ0v) is 17.5. The number of carbonyl (C=O) groups excluding carboxylic acids is 1. The third kappa shape index (κ3) is 3.98. The van der Waals surface area contributed by atoms with Crippen molar-refractivity contribution >= 4 is 21.2 Å². The van der Waals surface area contributed by atoms with E-state index in [0.29, 0.717) is 23.2 Å². The monoisotopic (exact) mass is 390 g/mol. The minimum atomic E-state index is -3.47. The number of nitrogens with one attached hydrogen (secondary N) is 1. The molecule has 27 heavy (non-hydrogen) atoms. The van der Waals surface area contributed by atoms with Gasteiger partial charge in [0.15, 0.2) is 15.6 Å². The van der Waals surface area contributed by atoms with Crippen LogP contribution in [0.1, 0.15) is 61.2 Å². The lowest BCUT2D eigenvalue weighted by Gasteiger charge is -2.16. The van der Waals surface area contributed by atoms with Gasteiger partial charge in [-0.15, -0.1) is 0 Å². The molecule has 0 aliphatic rings. The van der Waals surface area contributed by atoms with Crippen molar-refractivity contribution in [2.45, 2.75) is 52.5 Å². The zero-order valence-electron chi connectivity index (χ0n) is 16.6. The van der Waals surface area contributed by atoms with Crippen LogP contribution >= 0.6 is 0 Å². The average Bonchev–Trinajstić information content (AvgIpc) is 2.93. The van der Waals surface area contributed by atoms with Crippen LogP contribution in [0, 0.1) is 6.92 Å². The van der Waals surface area contributed by atoms with E-state index in [0.717, 1.165) is 23.8 Å². The summed E-state index contributed by atoms with van der Waals surface area (Å²) in [5.74, 6) is -0.411. The molecule has 0 bridgehead atoms. The Labute approximate surface area is 159 Å². The maximum Gasteiger partial charge on any atom is 0.277 e. The predicted octanol–water partition coefficient (Wildman–Crippen LogP) is 3.34. The van der Waals surface area contributed by atoms with Crippen molar-refractivity contribution in [1.82, 2.24) is 9.78 Å². The molecule has 1 aromatic heterocycles. The number of hydrogen-bond donors (Lipinski definition) is 1. The number of rotatable bonds is 6. The summed E-state index contributed by atoms with van der Waals surface area (Å²) in [5.41, 5.74) is 2.88. The standard InChI is InChI=1S/C20H26N2O4S/c1-7-10-22-20(24)16(11-21-22)19(23)15-8-9-17(27(6,25)26)18(14(15)5)13(4)12(2)3/h8-9,11,21H,7,10H2,1-6H3. The van der Waals surface area contributed by atoms with Crippen LogP contribution in [-0.2, 0) is 16.4 Å². The van der Waals surface area contributed by atoms with E-state index in [-0.39, 0.29) is 16.0 Å². The van der Waals surface area contributed by atoms with Gasteiger partial charge in [-0.25, -0.2) is 8.42 Å². The maximum atomic E-state index is 13.0. The molecule has 0 atom stereocenters. The summed E-state index contributed by atoms with van der Waals surface area (Å²) < 4.78 is 25.9. The van der Waals surface area contributed by atoms with Gasteiger partial charge >= 0.3 is 0 Å². The molecule has 0 amide bonds. The molecule has 1 heterocycles. The Morgan fingerprint density at radius 1 is 1.15 bits per heavy atom. The van der Waals surface area contributed by atoms with Gasteiger partial charge in [0.05, 0.1) is 4.90 Å². The van der Waals surface area contributed by atoms with E-state index in [1.165, 1.54) is 23.0 Å². The normalized spacial score (nSPS) is 11.5. The maximum absolute atomic E-state index is 13.0. The number of ketones is 1. The molecule has 2 rings (SSSR count). The summed E-state index contributed by atoms with van der Waals surface area (Å²) in [6.07, 6.45) is 3.33. The highest BCUT2D eigenvalue weighted by molar-refractivity contribution is 7.90. The molecule has 2 aromatic rings. The van der Waals surface area contributed by atoms with Crippen molar-refractivity contribution in [3.05, 3.63) is 56.5 Å². The van der Waals surface area contributed by atoms with Crippen molar-refractivity contribution in [2.24, 2.45) is 0 Å². The molecule has 146 valence electrons. The topological polar surface area (TPSA) is 89.0 Å². The third-order valence-electron chi connectivity index (χ3n) is 4.73. The number of sulfone groups is 1. The fraction of sp³-hybridized carbons (Fsp3) is 0.400. The first-order valence-corrected chi connectivity index (χ1v) is 10.7. The van der Waals surface area contributed by atoms with Gasteiger partial charge in [0.2, 0.25) is 0 Å². The molecule has 1 N–H and O–H groups in total. The largest absolute Gasteiger partial charge is 0.302 e. The first-order valence-electron chi connectivity index (χ1n) is 8.81. The smallest absolute Gasteiger partial charge is 0.277 e. The van der Waals surface area contributed by atoms with Gasteiger partial charge in [-0.05, 0) is 62.9 Å². The molecule has 1 aromatic carbocycles. The van der Waals surface area contributed by atoms with E-state index in [9.17, 15) is 18.0 Å². The first-order chi connectivity index (χ1) is 12.5. The second kappa shape index (κ2) is 7.68. The minimum absolute atomic E-state index is 0.0551. The summed E-state index contributed by atoms with van der Waals surface area (Å²) in [6, 6.07) is 2.95. The van der Waals surface area contributed by atoms with E-state index in [1.54, 1.807) is 6.92 Å². The van der Waals surface area contributed by atoms with E-state index in [1.807, 2.05) is 27.7 Å². The number of nitrogens with zero attached hydrogens (tertiary/aromatic N) is 1. The highest BCUT2D eigenvalue weighted by Gasteiger charge is 2.24. The van der Waals surface area contributed by atoms with Crippen LogP contribution in [0.5, 0.6) is 0 Å². The lowest BCUT2D eigenvalue weighted by Crippen LogP contribution is -2.22. The van der Waals surface area contributed by atoms with Crippen LogP contribution in [0.25, 0.3) is 5.57 Å². The molecule has 0 spiro atoms. The molecular weight excluding hydrogens is 364 g/mol. The molecule has 0 fully saturated rings. The van der Waals surface area contributed by atoms with Crippen LogP contribution < -0.4 is 5.56 Å². The fourth-order valence-corrected chi connectivity index (χ4v) is 4.06. The Hall–Kier alpha value is -2.41. The predicted molar refractivity (Wildman–Crippen MR) is 107 cm³/mol. The van der Waals surface area contributed by atoms with Crippen LogP contribution in [0.15, 0.2) is 33.6 Å². The molecule has 6 nitrogen and oxygen atoms in total. The number of benzene rings is 1. The first kappa shape index (κ1) is 20.9. The van der Waals surface area contributed by atoms with Gasteiger partial charge in [0, 0.05) is 24.6 Å². The van der Waals surface area contributed by atoms with E-state index >= 15 is 0 Å². The molecule has 0 radical (unpaired) electrons. The van der Waals surface area contributed by atoms with Gasteiger partial charge in [0.25, 0.3) is 5.56 Å². The van der Waals surface area contributed by atoms with Crippen molar-refractivity contribution < 1.29 is 13.2 Å². The summed E-state index contributed by atoms with van der Waals surface area (Å²) in [4.78, 5) is 25.6. The number of aromatic amines is 1. The minimum Gasteiger partial charge on any atom is -0.302 e. The van der Waals surface area contributed by atoms with E-state index in [4.69, 9.17) is 0 Å². The van der Waals surface area contributed by atoms with Crippen molar-refractivity contribution in [1.29, 1.82) is 0 Å². The second-order valence-corrected chi connectivity index (χ2v) is 8.97. The lowest BCUT2D eigenvalue weighted by molar-refractivity contribution is 0.103. The highest BCUT2D eigenvalue weighted by Crippen LogP contribution is 2.31. The third-order valence-corrected chi connectivity index (χ3v) is 5.87. The second-order valence-electron chi connectivity index (χ2n) is 6.98. The van der Waals surface area contributed by atoms with Crippen molar-refractivity contribution in [3.63, 3.8) is 0 Å². The SMILES string of the molecule is CCCn1[nH]cc(C(=O)c2ccc(S(C)(=O)=O)c(C(C)=C(C)C)c2C)c1=O. The Morgan fingerprint density at radius 3 is 2.30 bits per heavy atom. The number of aromatic nitrogens is 2. The van der Waals surface area contributed by atoms with Gasteiger partial charge in [-0.3, -0.25) is 14.3 Å². The zero-order chi connectivity index (χ0) is 20.5. The van der Waals surface area contributed by atoms with Gasteiger partial charge < -0.3 is 5.10 Å². The Balaban J connectivity index is 2.73. The Kier molecular flexibility index (Phi) is 5.94. The highest BCUT2D eigenvalue weighted by atomic mass is 32.2. The van der Waals surface area contributed by atoms with Crippen LogP contribution in [0.2, 0.25) is 0 Å². The number of hydrogen-bond acceptors (Lipinski definition) is 4. The molecule has 0 unspecified atom stereocenters. The molecule has 0 saturated carbocycles. The quantitative estimate of drug-likeness (QED) is 0.766. The van der Waals surface area contributed by atoms with Crippen LogP contribution in [-0.4, -0.2) is 30.2 Å². The summed E-state index contributed by atoms with van der Waals surface area (Å²) in [5, 5.41) is 2.81. The van der Waals surface area contributed by atoms with Gasteiger partial charge in [-0.1, -0.05) is 12.5 Å². The van der Waals surface area contributed by atoms with Crippen molar-refractivity contribution in [3.8, 4) is 0 Å². The van der Waals surface area contributed by atoms with Gasteiger partial charge in [0.1, 0.15) is 5.56 Å². The summed E-state index contributed by atoms with van der Waals surface area (Å²) in [7, 11) is -3.47. The number of H-pyrrole nitrogens is 1. The molecule has 7 heteroatoms. The number of aryl methyl sites for hydroxylation is 1. The molecular formula is C20H26N2O4S. The van der Waals surface area contributed by atoms with Crippen molar-refractivity contribution in [2.75, 3.05) is 6.26 Å². The molecule has 0 saturated heterocycles. The average molecular weight is 391 g/mol. The van der Waals surface area contributed by atoms with E-state index in [2.05, 4.69) is 5.10 Å². The van der Waals surface area contributed by atoms with Crippen LogP contribution in [0.4, 0.5) is 0 Å². The Morgan fingerprint density at radius 2 is 1.78 bits per heavy atom. The number of allylic oxidation sites excluding steroid dienone is 2. The Bertz CT molecular complexity index is 1080. The fourth-order valence-electron chi connectivity index (χ4n) is 3.06. The number of carbonyl (C=O) groups is 1.